The number of hydrogen-bond donors (Lipinski definition) is 0. The Labute approximate surface area is 244 Å². The Morgan fingerprint density at radius 2 is 1.76 bits per heavy atom. The molecule has 12 heteroatoms. The number of carbonyl (C=O) groups excluding carboxylic acids is 1. The van der Waals surface area contributed by atoms with Crippen molar-refractivity contribution in [1.82, 2.24) is 14.1 Å². The van der Waals surface area contributed by atoms with Gasteiger partial charge in [-0.1, -0.05) is 48.0 Å². The van der Waals surface area contributed by atoms with Crippen molar-refractivity contribution < 1.29 is 22.9 Å². The molecule has 0 radical (unpaired) electrons. The fourth-order valence-corrected chi connectivity index (χ4v) is 6.15. The number of non-ortho nitro benzene ring substituents is 1. The first-order valence-electron chi connectivity index (χ1n) is 13.0. The summed E-state index contributed by atoms with van der Waals surface area (Å²) in [5.41, 5.74) is 1.22. The van der Waals surface area contributed by atoms with E-state index >= 15 is 0 Å². The zero-order chi connectivity index (χ0) is 29.4. The van der Waals surface area contributed by atoms with Crippen molar-refractivity contribution in [2.24, 2.45) is 0 Å². The van der Waals surface area contributed by atoms with Crippen molar-refractivity contribution in [1.29, 1.82) is 0 Å². The van der Waals surface area contributed by atoms with E-state index in [2.05, 4.69) is 4.90 Å². The van der Waals surface area contributed by atoms with E-state index in [0.717, 1.165) is 11.3 Å². The first-order chi connectivity index (χ1) is 19.7. The molecule has 0 unspecified atom stereocenters. The molecule has 216 valence electrons. The molecule has 0 aromatic heterocycles. The van der Waals surface area contributed by atoms with Gasteiger partial charge in [0.2, 0.25) is 10.0 Å². The maximum absolute atomic E-state index is 13.4. The third-order valence-corrected chi connectivity index (χ3v) is 8.97. The average Bonchev–Trinajstić information content (AvgIpc) is 2.99. The monoisotopic (exact) mass is 598 g/mol. The molecule has 1 fully saturated rings. The van der Waals surface area contributed by atoms with Gasteiger partial charge in [0.15, 0.2) is 0 Å². The van der Waals surface area contributed by atoms with Crippen LogP contribution in [0, 0.1) is 10.1 Å². The summed E-state index contributed by atoms with van der Waals surface area (Å²) in [6, 6.07) is 19.3. The van der Waals surface area contributed by atoms with E-state index in [1.54, 1.807) is 36.3 Å². The second kappa shape index (κ2) is 13.7. The van der Waals surface area contributed by atoms with Crippen LogP contribution in [0.4, 0.5) is 5.69 Å². The molecule has 1 saturated heterocycles. The first-order valence-corrected chi connectivity index (χ1v) is 14.8. The molecule has 0 spiro atoms. The van der Waals surface area contributed by atoms with Crippen molar-refractivity contribution in [3.8, 4) is 5.75 Å². The molecule has 0 aliphatic carbocycles. The second-order valence-corrected chi connectivity index (χ2v) is 11.8. The highest BCUT2D eigenvalue weighted by molar-refractivity contribution is 7.89. The van der Waals surface area contributed by atoms with Gasteiger partial charge in [-0.15, -0.1) is 0 Å². The average molecular weight is 599 g/mol. The summed E-state index contributed by atoms with van der Waals surface area (Å²) in [5.74, 6) is 0.578. The minimum Gasteiger partial charge on any atom is -0.496 e. The number of nitro benzene ring substituents is 1. The molecule has 1 heterocycles. The van der Waals surface area contributed by atoms with E-state index in [9.17, 15) is 23.3 Å². The number of benzene rings is 3. The van der Waals surface area contributed by atoms with Crippen molar-refractivity contribution in [3.63, 3.8) is 0 Å². The van der Waals surface area contributed by atoms with E-state index in [1.807, 2.05) is 36.4 Å². The van der Waals surface area contributed by atoms with Gasteiger partial charge in [-0.05, 0) is 36.4 Å². The van der Waals surface area contributed by atoms with E-state index in [4.69, 9.17) is 16.3 Å². The maximum Gasteiger partial charge on any atom is 0.269 e. The highest BCUT2D eigenvalue weighted by Crippen LogP contribution is 2.22. The Kier molecular flexibility index (Phi) is 10.1. The number of nitrogens with zero attached hydrogens (tertiary/aromatic N) is 4. The highest BCUT2D eigenvalue weighted by atomic mass is 35.5. The molecule has 3 aromatic rings. The zero-order valence-corrected chi connectivity index (χ0v) is 24.1. The van der Waals surface area contributed by atoms with Gasteiger partial charge in [-0.3, -0.25) is 19.8 Å². The Bertz CT molecular complexity index is 1510. The van der Waals surface area contributed by atoms with Crippen molar-refractivity contribution in [2.75, 3.05) is 52.9 Å². The zero-order valence-electron chi connectivity index (χ0n) is 22.6. The lowest BCUT2D eigenvalue weighted by molar-refractivity contribution is -0.384. The summed E-state index contributed by atoms with van der Waals surface area (Å²) >= 11 is 6.14. The third kappa shape index (κ3) is 7.70. The van der Waals surface area contributed by atoms with Crippen LogP contribution in [0.2, 0.25) is 5.02 Å². The third-order valence-electron chi connectivity index (χ3n) is 6.82. The van der Waals surface area contributed by atoms with Crippen LogP contribution in [0.3, 0.4) is 0 Å². The number of methoxy groups -OCH3 is 1. The fraction of sp³-hybridized carbons (Fsp3) is 0.276. The molecule has 0 atom stereocenters. The molecular weight excluding hydrogens is 568 g/mol. The Balaban J connectivity index is 1.39. The number of carbonyl (C=O) groups is 1. The predicted molar refractivity (Wildman–Crippen MR) is 158 cm³/mol. The summed E-state index contributed by atoms with van der Waals surface area (Å²) in [6.45, 7) is 2.87. The van der Waals surface area contributed by atoms with Crippen LogP contribution in [0.5, 0.6) is 5.75 Å². The number of amides is 1. The van der Waals surface area contributed by atoms with Crippen molar-refractivity contribution >= 4 is 39.3 Å². The Morgan fingerprint density at radius 3 is 2.41 bits per heavy atom. The summed E-state index contributed by atoms with van der Waals surface area (Å²) in [5, 5.41) is 11.4. The van der Waals surface area contributed by atoms with Crippen molar-refractivity contribution in [3.05, 3.63) is 105 Å². The van der Waals surface area contributed by atoms with Gasteiger partial charge in [-0.2, -0.15) is 4.31 Å². The lowest BCUT2D eigenvalue weighted by Crippen LogP contribution is -2.50. The van der Waals surface area contributed by atoms with E-state index in [1.165, 1.54) is 28.6 Å². The number of piperazine rings is 1. The smallest absolute Gasteiger partial charge is 0.269 e. The summed E-state index contributed by atoms with van der Waals surface area (Å²) in [6.07, 6.45) is 3.83. The second-order valence-electron chi connectivity index (χ2n) is 9.40. The van der Waals surface area contributed by atoms with Crippen molar-refractivity contribution in [2.45, 2.75) is 4.90 Å². The number of sulfonamides is 1. The fourth-order valence-electron chi connectivity index (χ4n) is 4.54. The largest absolute Gasteiger partial charge is 0.496 e. The standard InChI is InChI=1S/C29H31ClN4O6S/c1-40-28-10-3-2-6-23(28)8-5-15-32(29(35)24-7-4-9-25(30)22-24)19-16-31-17-20-33(21-18-31)41(38,39)27-13-11-26(12-14-27)34(36)37/h2-14,22H,15-21H2,1H3/b8-5+. The lowest BCUT2D eigenvalue weighted by Gasteiger charge is -2.35. The van der Waals surface area contributed by atoms with Gasteiger partial charge < -0.3 is 9.64 Å². The molecule has 41 heavy (non-hydrogen) atoms. The molecule has 0 N–H and O–H groups in total. The number of hydrogen-bond acceptors (Lipinski definition) is 7. The molecule has 1 aliphatic rings. The molecule has 4 rings (SSSR count). The topological polar surface area (TPSA) is 113 Å². The molecule has 1 aliphatic heterocycles. The Hall–Kier alpha value is -3.77. The normalized spacial score (nSPS) is 14.7. The maximum atomic E-state index is 13.4. The number of halogens is 1. The molecule has 1 amide bonds. The summed E-state index contributed by atoms with van der Waals surface area (Å²) in [4.78, 5) is 27.6. The first kappa shape index (κ1) is 30.2. The molecule has 3 aromatic carbocycles. The number of ether oxygens (including phenoxy) is 1. The van der Waals surface area contributed by atoms with E-state index in [0.29, 0.717) is 43.3 Å². The summed E-state index contributed by atoms with van der Waals surface area (Å²) < 4.78 is 32.9. The number of nitro groups is 1. The minimum absolute atomic E-state index is 0.0247. The highest BCUT2D eigenvalue weighted by Gasteiger charge is 2.29. The minimum atomic E-state index is -3.77. The molecular formula is C29H31ClN4O6S. The molecule has 0 saturated carbocycles. The number of rotatable bonds is 11. The lowest BCUT2D eigenvalue weighted by atomic mass is 10.1. The van der Waals surface area contributed by atoms with Crippen LogP contribution >= 0.6 is 11.6 Å². The quantitative estimate of drug-likeness (QED) is 0.237. The van der Waals surface area contributed by atoms with Gasteiger partial charge in [0.05, 0.1) is 16.9 Å². The van der Waals surface area contributed by atoms with Crippen LogP contribution in [0.15, 0.2) is 83.8 Å². The molecule has 10 nitrogen and oxygen atoms in total. The van der Waals surface area contributed by atoms with Crippen LogP contribution < -0.4 is 4.74 Å². The van der Waals surface area contributed by atoms with Crippen LogP contribution in [-0.4, -0.2) is 86.3 Å². The van der Waals surface area contributed by atoms with E-state index < -0.39 is 14.9 Å². The van der Waals surface area contributed by atoms with Crippen LogP contribution in [0.1, 0.15) is 15.9 Å². The van der Waals surface area contributed by atoms with Gasteiger partial charge in [0, 0.05) is 74.1 Å². The molecule has 0 bridgehead atoms. The van der Waals surface area contributed by atoms with Gasteiger partial charge in [0.25, 0.3) is 11.6 Å². The van der Waals surface area contributed by atoms with Gasteiger partial charge in [0.1, 0.15) is 5.75 Å². The van der Waals surface area contributed by atoms with Gasteiger partial charge >= 0.3 is 0 Å². The van der Waals surface area contributed by atoms with Gasteiger partial charge in [-0.25, -0.2) is 8.42 Å². The summed E-state index contributed by atoms with van der Waals surface area (Å²) in [7, 11) is -2.16. The Morgan fingerprint density at radius 1 is 1.05 bits per heavy atom. The number of para-hydroxylation sites is 1. The van der Waals surface area contributed by atoms with Crippen LogP contribution in [0.25, 0.3) is 6.08 Å². The SMILES string of the molecule is COc1ccccc1/C=C/CN(CCN1CCN(S(=O)(=O)c2ccc([N+](=O)[O-])cc2)CC1)C(=O)c1cccc(Cl)c1. The van der Waals surface area contributed by atoms with E-state index in [-0.39, 0.29) is 29.6 Å². The predicted octanol–water partition coefficient (Wildman–Crippen LogP) is 4.42. The van der Waals surface area contributed by atoms with Crippen LogP contribution in [-0.2, 0) is 10.0 Å².